The Balaban J connectivity index is 1.92. The van der Waals surface area contributed by atoms with E-state index in [4.69, 9.17) is 0 Å². The molecular formula is C16H26N2OS. The van der Waals surface area contributed by atoms with Gasteiger partial charge in [-0.3, -0.25) is 4.79 Å². The number of piperidine rings is 1. The van der Waals surface area contributed by atoms with Crippen molar-refractivity contribution < 1.29 is 4.79 Å². The number of hydrogen-bond donors (Lipinski definition) is 1. The zero-order valence-corrected chi connectivity index (χ0v) is 13.6. The van der Waals surface area contributed by atoms with Gasteiger partial charge < -0.3 is 10.2 Å². The summed E-state index contributed by atoms with van der Waals surface area (Å²) >= 11 is 1.65. The summed E-state index contributed by atoms with van der Waals surface area (Å²) in [6.45, 7) is 9.31. The van der Waals surface area contributed by atoms with Crippen LogP contribution >= 0.6 is 11.3 Å². The van der Waals surface area contributed by atoms with Crippen molar-refractivity contribution in [2.75, 3.05) is 19.6 Å². The summed E-state index contributed by atoms with van der Waals surface area (Å²) in [4.78, 5) is 16.8. The second-order valence-corrected chi connectivity index (χ2v) is 7.11. The summed E-state index contributed by atoms with van der Waals surface area (Å²) in [6.07, 6.45) is 3.37. The van der Waals surface area contributed by atoms with E-state index in [0.29, 0.717) is 12.0 Å². The average molecular weight is 294 g/mol. The van der Waals surface area contributed by atoms with Crippen LogP contribution in [0.4, 0.5) is 0 Å². The van der Waals surface area contributed by atoms with Gasteiger partial charge in [0.2, 0.25) is 0 Å². The molecule has 1 saturated heterocycles. The van der Waals surface area contributed by atoms with Crippen LogP contribution in [0.1, 0.15) is 48.2 Å². The molecule has 1 aromatic heterocycles. The van der Waals surface area contributed by atoms with Crippen molar-refractivity contribution in [2.24, 2.45) is 5.92 Å². The largest absolute Gasteiger partial charge is 0.338 e. The molecule has 0 aliphatic carbocycles. The number of nitrogens with zero attached hydrogens (tertiary/aromatic N) is 1. The number of thiophene rings is 1. The van der Waals surface area contributed by atoms with Crippen molar-refractivity contribution in [3.63, 3.8) is 0 Å². The third-order valence-electron chi connectivity index (χ3n) is 3.84. The molecule has 112 valence electrons. The zero-order valence-electron chi connectivity index (χ0n) is 12.8. The molecule has 4 heteroatoms. The number of hydrogen-bond acceptors (Lipinski definition) is 3. The molecule has 0 radical (unpaired) electrons. The maximum Gasteiger partial charge on any atom is 0.263 e. The molecule has 1 N–H and O–H groups in total. The van der Waals surface area contributed by atoms with Crippen LogP contribution in [-0.4, -0.2) is 36.5 Å². The Kier molecular flexibility index (Phi) is 5.61. The Labute approximate surface area is 126 Å². The van der Waals surface area contributed by atoms with Crippen molar-refractivity contribution >= 4 is 17.2 Å². The van der Waals surface area contributed by atoms with Crippen LogP contribution in [-0.2, 0) is 6.42 Å². The molecule has 2 rings (SSSR count). The lowest BCUT2D eigenvalue weighted by Crippen LogP contribution is -2.43. The summed E-state index contributed by atoms with van der Waals surface area (Å²) in [5.74, 6) is 0.824. The minimum Gasteiger partial charge on any atom is -0.338 e. The maximum atomic E-state index is 12.5. The highest BCUT2D eigenvalue weighted by Gasteiger charge is 2.25. The zero-order chi connectivity index (χ0) is 14.5. The number of likely N-dealkylation sites (tertiary alicyclic amines) is 1. The van der Waals surface area contributed by atoms with Gasteiger partial charge in [0.05, 0.1) is 4.88 Å². The third-order valence-corrected chi connectivity index (χ3v) is 5.06. The van der Waals surface area contributed by atoms with E-state index in [-0.39, 0.29) is 5.91 Å². The highest BCUT2D eigenvalue weighted by atomic mass is 32.1. The molecule has 0 saturated carbocycles. The van der Waals surface area contributed by atoms with Gasteiger partial charge in [-0.2, -0.15) is 0 Å². The molecule has 2 heterocycles. The van der Waals surface area contributed by atoms with Crippen molar-refractivity contribution in [1.29, 1.82) is 0 Å². The first-order valence-corrected chi connectivity index (χ1v) is 8.53. The highest BCUT2D eigenvalue weighted by molar-refractivity contribution is 7.14. The summed E-state index contributed by atoms with van der Waals surface area (Å²) in [5.41, 5.74) is 0. The monoisotopic (exact) mass is 294 g/mol. The number of amides is 1. The standard InChI is InChI=1S/C16H26N2OS/c1-4-14-7-8-15(20-14)16(19)18-9-5-6-13(11-18)10-17-12(2)3/h7-8,12-13,17H,4-6,9-11H2,1-3H3. The Morgan fingerprint density at radius 1 is 1.50 bits per heavy atom. The SMILES string of the molecule is CCc1ccc(C(=O)N2CCCC(CNC(C)C)C2)s1. The molecule has 3 nitrogen and oxygen atoms in total. The molecule has 20 heavy (non-hydrogen) atoms. The van der Waals surface area contributed by atoms with Crippen molar-refractivity contribution in [2.45, 2.75) is 46.1 Å². The van der Waals surface area contributed by atoms with Crippen LogP contribution in [0.2, 0.25) is 0 Å². The van der Waals surface area contributed by atoms with Crippen molar-refractivity contribution in [3.8, 4) is 0 Å². The number of carbonyl (C=O) groups is 1. The van der Waals surface area contributed by atoms with E-state index >= 15 is 0 Å². The normalized spacial score (nSPS) is 19.6. The minimum atomic E-state index is 0.226. The van der Waals surface area contributed by atoms with Crippen LogP contribution < -0.4 is 5.32 Å². The molecule has 0 aromatic carbocycles. The summed E-state index contributed by atoms with van der Waals surface area (Å²) in [5, 5.41) is 3.49. The van der Waals surface area contributed by atoms with E-state index in [9.17, 15) is 4.79 Å². The molecule has 1 aliphatic heterocycles. The molecule has 0 bridgehead atoms. The average Bonchev–Trinajstić information content (AvgIpc) is 2.93. The number of aryl methyl sites for hydroxylation is 1. The summed E-state index contributed by atoms with van der Waals surface area (Å²) in [6, 6.07) is 4.59. The molecule has 1 amide bonds. The fourth-order valence-electron chi connectivity index (χ4n) is 2.66. The fraction of sp³-hybridized carbons (Fsp3) is 0.688. The smallest absolute Gasteiger partial charge is 0.263 e. The molecule has 1 fully saturated rings. The van der Waals surface area contributed by atoms with Crippen LogP contribution in [0.25, 0.3) is 0 Å². The number of rotatable bonds is 5. The summed E-state index contributed by atoms with van der Waals surface area (Å²) < 4.78 is 0. The van der Waals surface area contributed by atoms with Gasteiger partial charge in [-0.05, 0) is 43.9 Å². The second kappa shape index (κ2) is 7.23. The van der Waals surface area contributed by atoms with Crippen LogP contribution in [0.5, 0.6) is 0 Å². The van der Waals surface area contributed by atoms with Gasteiger partial charge in [-0.1, -0.05) is 20.8 Å². The van der Waals surface area contributed by atoms with Crippen molar-refractivity contribution in [1.82, 2.24) is 10.2 Å². The topological polar surface area (TPSA) is 32.3 Å². The molecule has 0 spiro atoms. The van der Waals surface area contributed by atoms with Crippen LogP contribution in [0.3, 0.4) is 0 Å². The number of nitrogens with one attached hydrogen (secondary N) is 1. The van der Waals surface area contributed by atoms with E-state index < -0.39 is 0 Å². The van der Waals surface area contributed by atoms with E-state index in [2.05, 4.69) is 32.2 Å². The van der Waals surface area contributed by atoms with E-state index in [0.717, 1.165) is 37.4 Å². The quantitative estimate of drug-likeness (QED) is 0.904. The van der Waals surface area contributed by atoms with Gasteiger partial charge in [-0.15, -0.1) is 11.3 Å². The van der Waals surface area contributed by atoms with Gasteiger partial charge in [0.25, 0.3) is 5.91 Å². The van der Waals surface area contributed by atoms with Crippen LogP contribution in [0, 0.1) is 5.92 Å². The Bertz CT molecular complexity index is 441. The molecule has 1 atom stereocenters. The molecule has 1 unspecified atom stereocenters. The first-order chi connectivity index (χ1) is 9.60. The highest BCUT2D eigenvalue weighted by Crippen LogP contribution is 2.22. The molecule has 1 aliphatic rings. The van der Waals surface area contributed by atoms with Gasteiger partial charge in [-0.25, -0.2) is 0 Å². The van der Waals surface area contributed by atoms with E-state index in [1.54, 1.807) is 11.3 Å². The Hall–Kier alpha value is -0.870. The van der Waals surface area contributed by atoms with Gasteiger partial charge in [0.1, 0.15) is 0 Å². The fourth-order valence-corrected chi connectivity index (χ4v) is 3.57. The lowest BCUT2D eigenvalue weighted by molar-refractivity contribution is 0.0677. The maximum absolute atomic E-state index is 12.5. The third kappa shape index (κ3) is 4.06. The lowest BCUT2D eigenvalue weighted by Gasteiger charge is -2.33. The minimum absolute atomic E-state index is 0.226. The lowest BCUT2D eigenvalue weighted by atomic mass is 9.97. The van der Waals surface area contributed by atoms with E-state index in [1.165, 1.54) is 11.3 Å². The predicted molar refractivity (Wildman–Crippen MR) is 85.5 cm³/mol. The predicted octanol–water partition coefficient (Wildman–Crippen LogP) is 3.16. The van der Waals surface area contributed by atoms with Crippen molar-refractivity contribution in [3.05, 3.63) is 21.9 Å². The molecule has 1 aromatic rings. The molecular weight excluding hydrogens is 268 g/mol. The van der Waals surface area contributed by atoms with Crippen LogP contribution in [0.15, 0.2) is 12.1 Å². The first-order valence-electron chi connectivity index (χ1n) is 7.71. The van der Waals surface area contributed by atoms with Gasteiger partial charge in [0, 0.05) is 24.0 Å². The Morgan fingerprint density at radius 2 is 2.30 bits per heavy atom. The van der Waals surface area contributed by atoms with Gasteiger partial charge in [0.15, 0.2) is 0 Å². The van der Waals surface area contributed by atoms with E-state index in [1.807, 2.05) is 11.0 Å². The van der Waals surface area contributed by atoms with Gasteiger partial charge >= 0.3 is 0 Å². The second-order valence-electron chi connectivity index (χ2n) is 5.94. The number of carbonyl (C=O) groups excluding carboxylic acids is 1. The Morgan fingerprint density at radius 3 is 2.95 bits per heavy atom. The first kappa shape index (κ1) is 15.5. The summed E-state index contributed by atoms with van der Waals surface area (Å²) in [7, 11) is 0.